The summed E-state index contributed by atoms with van der Waals surface area (Å²) in [7, 11) is 2.68. The predicted molar refractivity (Wildman–Crippen MR) is 114 cm³/mol. The van der Waals surface area contributed by atoms with E-state index in [1.807, 2.05) is 6.92 Å². The van der Waals surface area contributed by atoms with E-state index in [1.165, 1.54) is 23.6 Å². The smallest absolute Gasteiger partial charge is 0.409 e. The van der Waals surface area contributed by atoms with Crippen LogP contribution in [0.5, 0.6) is 0 Å². The molecule has 1 atom stereocenters. The molecule has 3 heterocycles. The number of aromatic nitrogens is 3. The number of halogens is 2. The number of hydrogen-bond acceptors (Lipinski definition) is 6. The van der Waals surface area contributed by atoms with Crippen molar-refractivity contribution in [2.45, 2.75) is 19.4 Å². The Labute approximate surface area is 188 Å². The standard InChI is InChI=1S/C22H23F2N5O4/c1-12-6-18-27-20(19-15(23)7-13(8-16(19)24)21(30)25-2)17(29(18)26-10-12)9-14-11-28(4-5-33-14)22(31)32-3/h6-8,10,14H,4-5,9,11H2,1-3H3,(H,25,30)/t14-/m0/s1. The molecule has 9 nitrogen and oxygen atoms in total. The van der Waals surface area contributed by atoms with Gasteiger partial charge in [-0.05, 0) is 30.7 Å². The van der Waals surface area contributed by atoms with Crippen LogP contribution in [0, 0.1) is 18.6 Å². The molecule has 2 aromatic heterocycles. The third-order valence-electron chi connectivity index (χ3n) is 5.47. The van der Waals surface area contributed by atoms with Crippen LogP contribution in [0.4, 0.5) is 13.6 Å². The van der Waals surface area contributed by atoms with Gasteiger partial charge in [0.1, 0.15) is 17.3 Å². The van der Waals surface area contributed by atoms with Gasteiger partial charge < -0.3 is 19.7 Å². The third-order valence-corrected chi connectivity index (χ3v) is 5.47. The highest BCUT2D eigenvalue weighted by Crippen LogP contribution is 2.31. The number of methoxy groups -OCH3 is 1. The van der Waals surface area contributed by atoms with E-state index in [2.05, 4.69) is 15.4 Å². The first-order valence-corrected chi connectivity index (χ1v) is 10.3. The number of nitrogens with one attached hydrogen (secondary N) is 1. The maximum absolute atomic E-state index is 15.1. The minimum absolute atomic E-state index is 0.0605. The molecule has 2 amide bonds. The molecule has 1 saturated heterocycles. The van der Waals surface area contributed by atoms with Gasteiger partial charge in [0.05, 0.1) is 43.8 Å². The van der Waals surface area contributed by atoms with Crippen LogP contribution in [0.1, 0.15) is 21.6 Å². The number of benzene rings is 1. The molecule has 1 aromatic carbocycles. The lowest BCUT2D eigenvalue weighted by Gasteiger charge is -2.31. The van der Waals surface area contributed by atoms with Crippen LogP contribution in [0.3, 0.4) is 0 Å². The molecule has 1 aliphatic heterocycles. The van der Waals surface area contributed by atoms with Crippen LogP contribution in [0.2, 0.25) is 0 Å². The summed E-state index contributed by atoms with van der Waals surface area (Å²) >= 11 is 0. The number of rotatable bonds is 4. The van der Waals surface area contributed by atoms with E-state index in [4.69, 9.17) is 9.47 Å². The van der Waals surface area contributed by atoms with Crippen molar-refractivity contribution in [3.63, 3.8) is 0 Å². The number of carbonyl (C=O) groups excluding carboxylic acids is 2. The van der Waals surface area contributed by atoms with E-state index in [0.717, 1.165) is 17.7 Å². The highest BCUT2D eigenvalue weighted by Gasteiger charge is 2.29. The minimum Gasteiger partial charge on any atom is -0.453 e. The molecule has 0 aliphatic carbocycles. The highest BCUT2D eigenvalue weighted by molar-refractivity contribution is 5.94. The molecule has 0 spiro atoms. The van der Waals surface area contributed by atoms with Crippen molar-refractivity contribution in [1.82, 2.24) is 24.8 Å². The number of ether oxygens (including phenoxy) is 2. The Morgan fingerprint density at radius 2 is 2.00 bits per heavy atom. The summed E-state index contributed by atoms with van der Waals surface area (Å²) in [6.45, 7) is 2.75. The molecule has 4 rings (SSSR count). The number of imidazole rings is 1. The monoisotopic (exact) mass is 459 g/mol. The summed E-state index contributed by atoms with van der Waals surface area (Å²) in [5.74, 6) is -2.45. The molecule has 174 valence electrons. The number of fused-ring (bicyclic) bond motifs is 1. The van der Waals surface area contributed by atoms with Crippen LogP contribution in [0.25, 0.3) is 16.9 Å². The summed E-state index contributed by atoms with van der Waals surface area (Å²) < 4.78 is 42.3. The van der Waals surface area contributed by atoms with Crippen molar-refractivity contribution in [2.24, 2.45) is 0 Å². The molecule has 0 saturated carbocycles. The lowest BCUT2D eigenvalue weighted by Crippen LogP contribution is -2.46. The van der Waals surface area contributed by atoms with Crippen LogP contribution in [-0.4, -0.2) is 71.5 Å². The fraction of sp³-hybridized carbons (Fsp3) is 0.364. The summed E-state index contributed by atoms with van der Waals surface area (Å²) in [6, 6.07) is 3.69. The first-order chi connectivity index (χ1) is 15.8. The average molecular weight is 459 g/mol. The lowest BCUT2D eigenvalue weighted by molar-refractivity contribution is -0.0242. The van der Waals surface area contributed by atoms with E-state index >= 15 is 8.78 Å². The van der Waals surface area contributed by atoms with Crippen molar-refractivity contribution in [1.29, 1.82) is 0 Å². The average Bonchev–Trinajstić information content (AvgIpc) is 3.14. The second kappa shape index (κ2) is 9.10. The summed E-state index contributed by atoms with van der Waals surface area (Å²) in [4.78, 5) is 29.8. The molecule has 0 bridgehead atoms. The Morgan fingerprint density at radius 3 is 2.67 bits per heavy atom. The van der Waals surface area contributed by atoms with Crippen LogP contribution in [-0.2, 0) is 15.9 Å². The van der Waals surface area contributed by atoms with Crippen molar-refractivity contribution in [2.75, 3.05) is 33.9 Å². The molecule has 3 aromatic rings. The van der Waals surface area contributed by atoms with Gasteiger partial charge in [0.2, 0.25) is 0 Å². The Morgan fingerprint density at radius 1 is 1.27 bits per heavy atom. The van der Waals surface area contributed by atoms with E-state index < -0.39 is 29.7 Å². The van der Waals surface area contributed by atoms with Gasteiger partial charge in [-0.1, -0.05) is 0 Å². The highest BCUT2D eigenvalue weighted by atomic mass is 19.1. The van der Waals surface area contributed by atoms with E-state index in [9.17, 15) is 9.59 Å². The second-order valence-electron chi connectivity index (χ2n) is 7.72. The van der Waals surface area contributed by atoms with Crippen molar-refractivity contribution >= 4 is 17.6 Å². The zero-order valence-corrected chi connectivity index (χ0v) is 18.4. The van der Waals surface area contributed by atoms with Crippen LogP contribution >= 0.6 is 0 Å². The first-order valence-electron chi connectivity index (χ1n) is 10.3. The molecule has 1 fully saturated rings. The van der Waals surface area contributed by atoms with Crippen molar-refractivity contribution < 1.29 is 27.8 Å². The number of carbonyl (C=O) groups is 2. The fourth-order valence-electron chi connectivity index (χ4n) is 3.89. The lowest BCUT2D eigenvalue weighted by atomic mass is 10.0. The topological polar surface area (TPSA) is 98.1 Å². The van der Waals surface area contributed by atoms with E-state index in [-0.39, 0.29) is 29.8 Å². The van der Waals surface area contributed by atoms with Gasteiger partial charge in [-0.25, -0.2) is 23.1 Å². The second-order valence-corrected chi connectivity index (χ2v) is 7.72. The number of nitrogens with zero attached hydrogens (tertiary/aromatic N) is 4. The number of amides is 2. The van der Waals surface area contributed by atoms with Gasteiger partial charge in [-0.2, -0.15) is 5.10 Å². The zero-order chi connectivity index (χ0) is 23.7. The zero-order valence-electron chi connectivity index (χ0n) is 18.4. The van der Waals surface area contributed by atoms with Gasteiger partial charge in [-0.15, -0.1) is 0 Å². The van der Waals surface area contributed by atoms with Gasteiger partial charge in [0, 0.05) is 25.6 Å². The molecule has 11 heteroatoms. The SMILES string of the molecule is CNC(=O)c1cc(F)c(-c2nc3cc(C)cnn3c2C[C@H]2CN(C(=O)OC)CCO2)c(F)c1. The fourth-order valence-corrected chi connectivity index (χ4v) is 3.89. The molecule has 0 radical (unpaired) electrons. The minimum atomic E-state index is -0.921. The van der Waals surface area contributed by atoms with Gasteiger partial charge in [-0.3, -0.25) is 4.79 Å². The summed E-state index contributed by atoms with van der Waals surface area (Å²) in [6.07, 6.45) is 0.871. The maximum Gasteiger partial charge on any atom is 0.409 e. The molecular weight excluding hydrogens is 436 g/mol. The molecule has 1 N–H and O–H groups in total. The predicted octanol–water partition coefficient (Wildman–Crippen LogP) is 2.35. The van der Waals surface area contributed by atoms with Gasteiger partial charge >= 0.3 is 6.09 Å². The third kappa shape index (κ3) is 4.36. The normalized spacial score (nSPS) is 16.2. The maximum atomic E-state index is 15.1. The first kappa shape index (κ1) is 22.6. The van der Waals surface area contributed by atoms with Crippen LogP contribution in [0.15, 0.2) is 24.4 Å². The van der Waals surface area contributed by atoms with E-state index in [0.29, 0.717) is 24.5 Å². The Balaban J connectivity index is 1.79. The van der Waals surface area contributed by atoms with Crippen molar-refractivity contribution in [3.05, 3.63) is 52.9 Å². The molecular formula is C22H23F2N5O4. The number of hydrogen-bond donors (Lipinski definition) is 1. The number of aryl methyl sites for hydroxylation is 1. The molecule has 1 aliphatic rings. The Kier molecular flexibility index (Phi) is 6.23. The van der Waals surface area contributed by atoms with E-state index in [1.54, 1.807) is 12.3 Å². The summed E-state index contributed by atoms with van der Waals surface area (Å²) in [5, 5.41) is 6.71. The quantitative estimate of drug-likeness (QED) is 0.643. The van der Waals surface area contributed by atoms with Gasteiger partial charge in [0.25, 0.3) is 5.91 Å². The summed E-state index contributed by atoms with van der Waals surface area (Å²) in [5.41, 5.74) is 1.22. The molecule has 33 heavy (non-hydrogen) atoms. The largest absolute Gasteiger partial charge is 0.453 e. The Hall–Kier alpha value is -3.60. The number of morpholine rings is 1. The van der Waals surface area contributed by atoms with Gasteiger partial charge in [0.15, 0.2) is 5.65 Å². The van der Waals surface area contributed by atoms with Crippen LogP contribution < -0.4 is 5.32 Å². The Bertz CT molecular complexity index is 1210. The molecule has 0 unspecified atom stereocenters. The van der Waals surface area contributed by atoms with Crippen molar-refractivity contribution in [3.8, 4) is 11.3 Å².